The van der Waals surface area contributed by atoms with Gasteiger partial charge >= 0.3 is 6.03 Å². The molecule has 0 aliphatic carbocycles. The Hall–Kier alpha value is -2.70. The van der Waals surface area contributed by atoms with Crippen molar-refractivity contribution < 1.29 is 14.4 Å². The van der Waals surface area contributed by atoms with E-state index in [-0.39, 0.29) is 30.9 Å². The van der Waals surface area contributed by atoms with Gasteiger partial charge in [0.15, 0.2) is 0 Å². The normalized spacial score (nSPS) is 21.1. The Morgan fingerprint density at radius 1 is 1.41 bits per heavy atom. The summed E-state index contributed by atoms with van der Waals surface area (Å²) >= 11 is 0. The standard InChI is InChI=1S/C15H16N4O3/c1-2-6-19-14(21)12-10-17(7-8-18(12)15(19)22)13(20)11-4-3-5-16-9-11/h2-5,9,12H,1,6-8,10H2/t12-/m0/s1. The number of urea groups is 1. The van der Waals surface area contributed by atoms with E-state index >= 15 is 0 Å². The number of piperazine rings is 1. The Morgan fingerprint density at radius 3 is 2.91 bits per heavy atom. The highest BCUT2D eigenvalue weighted by atomic mass is 16.2. The molecule has 0 saturated carbocycles. The number of fused-ring (bicyclic) bond motifs is 1. The van der Waals surface area contributed by atoms with E-state index in [0.29, 0.717) is 18.7 Å². The Labute approximate surface area is 127 Å². The molecule has 1 aromatic rings. The largest absolute Gasteiger partial charge is 0.334 e. The molecule has 1 aromatic heterocycles. The van der Waals surface area contributed by atoms with Gasteiger partial charge in [-0.2, -0.15) is 0 Å². The van der Waals surface area contributed by atoms with Crippen LogP contribution in [0.2, 0.25) is 0 Å². The Morgan fingerprint density at radius 2 is 2.23 bits per heavy atom. The molecular weight excluding hydrogens is 284 g/mol. The van der Waals surface area contributed by atoms with Crippen LogP contribution >= 0.6 is 0 Å². The van der Waals surface area contributed by atoms with Crippen molar-refractivity contribution in [2.45, 2.75) is 6.04 Å². The van der Waals surface area contributed by atoms with E-state index in [1.165, 1.54) is 22.1 Å². The molecule has 7 heteroatoms. The van der Waals surface area contributed by atoms with E-state index in [1.54, 1.807) is 23.2 Å². The Bertz CT molecular complexity index is 631. The molecule has 22 heavy (non-hydrogen) atoms. The molecule has 2 fully saturated rings. The van der Waals surface area contributed by atoms with Crippen molar-refractivity contribution in [1.29, 1.82) is 0 Å². The van der Waals surface area contributed by atoms with Crippen molar-refractivity contribution in [3.8, 4) is 0 Å². The summed E-state index contributed by atoms with van der Waals surface area (Å²) in [6, 6.07) is 2.48. The Balaban J connectivity index is 1.76. The quantitative estimate of drug-likeness (QED) is 0.596. The van der Waals surface area contributed by atoms with E-state index < -0.39 is 6.04 Å². The summed E-state index contributed by atoms with van der Waals surface area (Å²) in [6.07, 6.45) is 4.62. The van der Waals surface area contributed by atoms with Gasteiger partial charge in [0.05, 0.1) is 12.1 Å². The predicted molar refractivity (Wildman–Crippen MR) is 77.9 cm³/mol. The molecule has 3 rings (SSSR count). The summed E-state index contributed by atoms with van der Waals surface area (Å²) in [5.41, 5.74) is 0.482. The summed E-state index contributed by atoms with van der Waals surface area (Å²) in [5, 5.41) is 0. The number of carbonyl (C=O) groups excluding carboxylic acids is 3. The van der Waals surface area contributed by atoms with Gasteiger partial charge in [-0.1, -0.05) is 6.08 Å². The average molecular weight is 300 g/mol. The van der Waals surface area contributed by atoms with Gasteiger partial charge in [-0.15, -0.1) is 6.58 Å². The molecule has 114 valence electrons. The van der Waals surface area contributed by atoms with Crippen LogP contribution in [0.4, 0.5) is 4.79 Å². The zero-order chi connectivity index (χ0) is 15.7. The maximum Gasteiger partial charge on any atom is 0.327 e. The van der Waals surface area contributed by atoms with Crippen molar-refractivity contribution in [2.75, 3.05) is 26.2 Å². The number of carbonyl (C=O) groups is 3. The molecule has 2 aliphatic rings. The molecule has 0 spiro atoms. The van der Waals surface area contributed by atoms with E-state index in [4.69, 9.17) is 0 Å². The van der Waals surface area contributed by atoms with Gasteiger partial charge in [0.25, 0.3) is 11.8 Å². The van der Waals surface area contributed by atoms with Gasteiger partial charge in [0.1, 0.15) is 6.04 Å². The second-order valence-electron chi connectivity index (χ2n) is 5.22. The second kappa shape index (κ2) is 5.59. The third kappa shape index (κ3) is 2.24. The minimum atomic E-state index is -0.596. The fourth-order valence-electron chi connectivity index (χ4n) is 2.81. The van der Waals surface area contributed by atoms with Gasteiger partial charge < -0.3 is 9.80 Å². The zero-order valence-corrected chi connectivity index (χ0v) is 12.0. The molecule has 0 bridgehead atoms. The second-order valence-corrected chi connectivity index (χ2v) is 5.22. The van der Waals surface area contributed by atoms with Crippen molar-refractivity contribution in [1.82, 2.24) is 19.7 Å². The number of nitrogens with zero attached hydrogens (tertiary/aromatic N) is 4. The van der Waals surface area contributed by atoms with Crippen LogP contribution in [-0.4, -0.2) is 69.8 Å². The van der Waals surface area contributed by atoms with Crippen LogP contribution in [0.1, 0.15) is 10.4 Å². The summed E-state index contributed by atoms with van der Waals surface area (Å²) in [7, 11) is 0. The third-order valence-electron chi connectivity index (χ3n) is 3.92. The first-order valence-electron chi connectivity index (χ1n) is 7.05. The van der Waals surface area contributed by atoms with Crippen molar-refractivity contribution >= 4 is 17.8 Å². The molecule has 0 unspecified atom stereocenters. The minimum absolute atomic E-state index is 0.171. The van der Waals surface area contributed by atoms with E-state index in [9.17, 15) is 14.4 Å². The van der Waals surface area contributed by atoms with E-state index in [1.807, 2.05) is 0 Å². The predicted octanol–water partition coefficient (Wildman–Crippen LogP) is 0.356. The van der Waals surface area contributed by atoms with Crippen LogP contribution in [0.3, 0.4) is 0 Å². The molecule has 1 atom stereocenters. The number of aromatic nitrogens is 1. The zero-order valence-electron chi connectivity index (χ0n) is 12.0. The topological polar surface area (TPSA) is 73.8 Å². The summed E-state index contributed by atoms with van der Waals surface area (Å²) in [5.74, 6) is -0.441. The van der Waals surface area contributed by atoms with Crippen LogP contribution in [0.15, 0.2) is 37.2 Å². The summed E-state index contributed by atoms with van der Waals surface area (Å²) < 4.78 is 0. The van der Waals surface area contributed by atoms with Crippen molar-refractivity contribution in [2.24, 2.45) is 0 Å². The third-order valence-corrected chi connectivity index (χ3v) is 3.92. The summed E-state index contributed by atoms with van der Waals surface area (Å²) in [4.78, 5) is 45.1. The molecule has 0 aromatic carbocycles. The van der Waals surface area contributed by atoms with Crippen LogP contribution < -0.4 is 0 Å². The number of imide groups is 1. The molecule has 0 radical (unpaired) electrons. The molecule has 3 heterocycles. The number of rotatable bonds is 3. The molecular formula is C15H16N4O3. The van der Waals surface area contributed by atoms with E-state index in [0.717, 1.165) is 0 Å². The lowest BCUT2D eigenvalue weighted by Gasteiger charge is -2.35. The maximum atomic E-state index is 12.4. The lowest BCUT2D eigenvalue weighted by atomic mass is 10.1. The summed E-state index contributed by atoms with van der Waals surface area (Å²) in [6.45, 7) is 4.73. The monoisotopic (exact) mass is 300 g/mol. The molecule has 0 N–H and O–H groups in total. The lowest BCUT2D eigenvalue weighted by molar-refractivity contribution is -0.128. The fraction of sp³-hybridized carbons (Fsp3) is 0.333. The van der Waals surface area contributed by atoms with Gasteiger partial charge in [-0.3, -0.25) is 19.5 Å². The highest BCUT2D eigenvalue weighted by Crippen LogP contribution is 2.22. The smallest absolute Gasteiger partial charge is 0.327 e. The minimum Gasteiger partial charge on any atom is -0.334 e. The van der Waals surface area contributed by atoms with Gasteiger partial charge in [0, 0.05) is 32.0 Å². The van der Waals surface area contributed by atoms with Gasteiger partial charge in [-0.25, -0.2) is 4.79 Å². The Kier molecular flexibility index (Phi) is 3.62. The number of amides is 4. The number of hydrogen-bond acceptors (Lipinski definition) is 4. The molecule has 2 saturated heterocycles. The fourth-order valence-corrected chi connectivity index (χ4v) is 2.81. The first-order valence-corrected chi connectivity index (χ1v) is 7.05. The lowest BCUT2D eigenvalue weighted by Crippen LogP contribution is -2.54. The SMILES string of the molecule is C=CCN1C(=O)[C@@H]2CN(C(=O)c3cccnc3)CCN2C1=O. The van der Waals surface area contributed by atoms with Crippen molar-refractivity contribution in [3.05, 3.63) is 42.7 Å². The van der Waals surface area contributed by atoms with Gasteiger partial charge in [-0.05, 0) is 12.1 Å². The highest BCUT2D eigenvalue weighted by molar-refractivity contribution is 6.05. The van der Waals surface area contributed by atoms with Crippen LogP contribution in [0, 0.1) is 0 Å². The van der Waals surface area contributed by atoms with Crippen LogP contribution in [-0.2, 0) is 4.79 Å². The van der Waals surface area contributed by atoms with Crippen LogP contribution in [0.5, 0.6) is 0 Å². The first-order chi connectivity index (χ1) is 10.6. The van der Waals surface area contributed by atoms with E-state index in [2.05, 4.69) is 11.6 Å². The number of hydrogen-bond donors (Lipinski definition) is 0. The molecule has 2 aliphatic heterocycles. The molecule has 7 nitrogen and oxygen atoms in total. The maximum absolute atomic E-state index is 12.4. The van der Waals surface area contributed by atoms with Gasteiger partial charge in [0.2, 0.25) is 0 Å². The highest BCUT2D eigenvalue weighted by Gasteiger charge is 2.47. The van der Waals surface area contributed by atoms with Crippen LogP contribution in [0.25, 0.3) is 0 Å². The number of pyridine rings is 1. The molecule has 4 amide bonds. The first kappa shape index (κ1) is 14.2. The average Bonchev–Trinajstić information content (AvgIpc) is 2.80. The van der Waals surface area contributed by atoms with Crippen molar-refractivity contribution in [3.63, 3.8) is 0 Å².